The third kappa shape index (κ3) is 2.26. The molecule has 0 saturated heterocycles. The van der Waals surface area contributed by atoms with Crippen LogP contribution in [0, 0.1) is 0 Å². The van der Waals surface area contributed by atoms with Gasteiger partial charge in [0.25, 0.3) is 0 Å². The summed E-state index contributed by atoms with van der Waals surface area (Å²) in [4.78, 5) is 15.2. The van der Waals surface area contributed by atoms with Gasteiger partial charge in [-0.15, -0.1) is 0 Å². The van der Waals surface area contributed by atoms with Crippen molar-refractivity contribution in [2.24, 2.45) is 0 Å². The number of hydrogen-bond donors (Lipinski definition) is 2. The zero-order valence-electron chi connectivity index (χ0n) is 7.60. The number of pyridine rings is 1. The van der Waals surface area contributed by atoms with Crippen LogP contribution in [-0.4, -0.2) is 28.1 Å². The zero-order chi connectivity index (χ0) is 10.6. The van der Waals surface area contributed by atoms with Crippen LogP contribution >= 0.6 is 12.2 Å². The highest BCUT2D eigenvalue weighted by atomic mass is 32.1. The molecule has 14 heavy (non-hydrogen) atoms. The first-order chi connectivity index (χ1) is 6.66. The molecular weight excluding hydrogens is 200 g/mol. The van der Waals surface area contributed by atoms with E-state index in [4.69, 9.17) is 17.3 Å². The average Bonchev–Trinajstić information content (AvgIpc) is 2.19. The quantitative estimate of drug-likeness (QED) is 0.722. The number of aliphatic carboxylic acids is 1. The molecule has 1 rings (SSSR count). The van der Waals surface area contributed by atoms with Crippen molar-refractivity contribution in [1.82, 2.24) is 10.3 Å². The minimum absolute atomic E-state index is 0.260. The number of nitrogens with zero attached hydrogens (tertiary/aromatic N) is 1. The van der Waals surface area contributed by atoms with Crippen LogP contribution < -0.4 is 5.32 Å². The monoisotopic (exact) mass is 210 g/mol. The first-order valence-corrected chi connectivity index (χ1v) is 4.43. The van der Waals surface area contributed by atoms with Gasteiger partial charge in [-0.3, -0.25) is 9.78 Å². The Balaban J connectivity index is 3.01. The Morgan fingerprint density at radius 1 is 1.64 bits per heavy atom. The highest BCUT2D eigenvalue weighted by molar-refractivity contribution is 7.80. The number of thiocarbonyl (C=S) groups is 1. The molecule has 0 aliphatic rings. The molecule has 0 aromatic carbocycles. The average molecular weight is 210 g/mol. The lowest BCUT2D eigenvalue weighted by Crippen LogP contribution is -2.30. The van der Waals surface area contributed by atoms with Crippen LogP contribution in [-0.2, 0) is 4.79 Å². The van der Waals surface area contributed by atoms with Crippen molar-refractivity contribution in [3.63, 3.8) is 0 Å². The Morgan fingerprint density at radius 2 is 2.36 bits per heavy atom. The Hall–Kier alpha value is -1.49. The second kappa shape index (κ2) is 4.66. The third-order valence-corrected chi connectivity index (χ3v) is 2.18. The maximum Gasteiger partial charge on any atom is 0.319 e. The maximum absolute atomic E-state index is 10.9. The van der Waals surface area contributed by atoms with Crippen LogP contribution in [0.4, 0.5) is 0 Å². The van der Waals surface area contributed by atoms with Crippen molar-refractivity contribution in [2.75, 3.05) is 7.05 Å². The van der Waals surface area contributed by atoms with Gasteiger partial charge in [-0.1, -0.05) is 18.3 Å². The molecule has 1 unspecified atom stereocenters. The highest BCUT2D eigenvalue weighted by Crippen LogP contribution is 2.13. The smallest absolute Gasteiger partial charge is 0.319 e. The van der Waals surface area contributed by atoms with Crippen molar-refractivity contribution in [3.8, 4) is 0 Å². The number of carboxylic acid groups (broad SMARTS) is 1. The summed E-state index contributed by atoms with van der Waals surface area (Å²) in [6.45, 7) is 0. The van der Waals surface area contributed by atoms with Crippen LogP contribution in [0.5, 0.6) is 0 Å². The van der Waals surface area contributed by atoms with E-state index in [2.05, 4.69) is 10.3 Å². The predicted molar refractivity (Wildman–Crippen MR) is 56.3 cm³/mol. The van der Waals surface area contributed by atoms with E-state index in [9.17, 15) is 4.79 Å². The van der Waals surface area contributed by atoms with Gasteiger partial charge >= 0.3 is 5.97 Å². The van der Waals surface area contributed by atoms with E-state index in [1.807, 2.05) is 0 Å². The van der Waals surface area contributed by atoms with Gasteiger partial charge in [0.2, 0.25) is 0 Å². The van der Waals surface area contributed by atoms with Crippen molar-refractivity contribution >= 4 is 23.2 Å². The van der Waals surface area contributed by atoms with Crippen LogP contribution in [0.3, 0.4) is 0 Å². The van der Waals surface area contributed by atoms with Gasteiger partial charge in [0.1, 0.15) is 5.92 Å². The Morgan fingerprint density at radius 3 is 2.79 bits per heavy atom. The van der Waals surface area contributed by atoms with Crippen molar-refractivity contribution < 1.29 is 9.90 Å². The molecule has 1 atom stereocenters. The van der Waals surface area contributed by atoms with Gasteiger partial charge in [-0.2, -0.15) is 0 Å². The summed E-state index contributed by atoms with van der Waals surface area (Å²) >= 11 is 4.90. The molecule has 0 bridgehead atoms. The minimum Gasteiger partial charge on any atom is -0.480 e. The lowest BCUT2D eigenvalue weighted by Gasteiger charge is -2.12. The molecule has 0 aliphatic carbocycles. The van der Waals surface area contributed by atoms with Crippen LogP contribution in [0.1, 0.15) is 11.6 Å². The fourth-order valence-electron chi connectivity index (χ4n) is 1.06. The van der Waals surface area contributed by atoms with Crippen molar-refractivity contribution in [2.45, 2.75) is 5.92 Å². The first-order valence-electron chi connectivity index (χ1n) is 4.02. The zero-order valence-corrected chi connectivity index (χ0v) is 8.41. The summed E-state index contributed by atoms with van der Waals surface area (Å²) < 4.78 is 0. The van der Waals surface area contributed by atoms with E-state index in [1.54, 1.807) is 31.4 Å². The molecule has 1 aromatic rings. The molecule has 5 heteroatoms. The van der Waals surface area contributed by atoms with Crippen LogP contribution in [0.2, 0.25) is 0 Å². The summed E-state index contributed by atoms with van der Waals surface area (Å²) in [5.74, 6) is -1.86. The molecule has 0 saturated carbocycles. The van der Waals surface area contributed by atoms with Crippen molar-refractivity contribution in [1.29, 1.82) is 0 Å². The molecule has 0 amide bonds. The fourth-order valence-corrected chi connectivity index (χ4v) is 1.29. The topological polar surface area (TPSA) is 62.2 Å². The second-order valence-electron chi connectivity index (χ2n) is 2.64. The molecule has 1 heterocycles. The standard InChI is InChI=1S/C9H10N2O2S/c1-10-8(14)7(9(12)13)6-4-2-3-5-11-6/h2-5,7H,1H3,(H,10,14)(H,12,13). The van der Waals surface area contributed by atoms with Crippen LogP contribution in [0.15, 0.2) is 24.4 Å². The number of rotatable bonds is 3. The van der Waals surface area contributed by atoms with E-state index in [0.29, 0.717) is 5.69 Å². The summed E-state index contributed by atoms with van der Waals surface area (Å²) in [5, 5.41) is 11.6. The number of nitrogens with one attached hydrogen (secondary N) is 1. The summed E-state index contributed by atoms with van der Waals surface area (Å²) in [6.07, 6.45) is 1.55. The number of likely N-dealkylation sites (N-methyl/N-ethyl adjacent to an activating group) is 1. The summed E-state index contributed by atoms with van der Waals surface area (Å²) in [7, 11) is 1.60. The number of carbonyl (C=O) groups is 1. The summed E-state index contributed by atoms with van der Waals surface area (Å²) in [6, 6.07) is 5.10. The van der Waals surface area contributed by atoms with E-state index >= 15 is 0 Å². The summed E-state index contributed by atoms with van der Waals surface area (Å²) in [5.41, 5.74) is 0.444. The Labute approximate surface area is 87.0 Å². The van der Waals surface area contributed by atoms with Gasteiger partial charge in [0, 0.05) is 13.2 Å². The molecule has 74 valence electrons. The molecule has 4 nitrogen and oxygen atoms in total. The molecular formula is C9H10N2O2S. The highest BCUT2D eigenvalue weighted by Gasteiger charge is 2.24. The van der Waals surface area contributed by atoms with E-state index < -0.39 is 11.9 Å². The molecule has 2 N–H and O–H groups in total. The molecule has 0 radical (unpaired) electrons. The van der Waals surface area contributed by atoms with Gasteiger partial charge in [-0.05, 0) is 12.1 Å². The molecule has 0 aliphatic heterocycles. The maximum atomic E-state index is 10.9. The second-order valence-corrected chi connectivity index (χ2v) is 3.08. The largest absolute Gasteiger partial charge is 0.480 e. The van der Waals surface area contributed by atoms with Crippen molar-refractivity contribution in [3.05, 3.63) is 30.1 Å². The normalized spacial score (nSPS) is 11.8. The lowest BCUT2D eigenvalue weighted by atomic mass is 10.1. The number of hydrogen-bond acceptors (Lipinski definition) is 3. The predicted octanol–water partition coefficient (Wildman–Crippen LogP) is 0.797. The van der Waals surface area contributed by atoms with Crippen LogP contribution in [0.25, 0.3) is 0 Å². The molecule has 0 spiro atoms. The minimum atomic E-state index is -0.997. The Bertz CT molecular complexity index is 340. The fraction of sp³-hybridized carbons (Fsp3) is 0.222. The molecule has 0 fully saturated rings. The Kier molecular flexibility index (Phi) is 3.53. The SMILES string of the molecule is CNC(=S)C(C(=O)O)c1ccccn1. The van der Waals surface area contributed by atoms with E-state index in [-0.39, 0.29) is 4.99 Å². The van der Waals surface area contributed by atoms with E-state index in [1.165, 1.54) is 0 Å². The van der Waals surface area contributed by atoms with Gasteiger partial charge < -0.3 is 10.4 Å². The lowest BCUT2D eigenvalue weighted by molar-refractivity contribution is -0.137. The number of aromatic nitrogens is 1. The van der Waals surface area contributed by atoms with E-state index in [0.717, 1.165) is 0 Å². The molecule has 1 aromatic heterocycles. The van der Waals surface area contributed by atoms with Gasteiger partial charge in [0.15, 0.2) is 0 Å². The van der Waals surface area contributed by atoms with Gasteiger partial charge in [-0.25, -0.2) is 0 Å². The first kappa shape index (κ1) is 10.6. The van der Waals surface area contributed by atoms with Gasteiger partial charge in [0.05, 0.1) is 10.7 Å². The third-order valence-electron chi connectivity index (χ3n) is 1.74. The number of carboxylic acids is 1.